The van der Waals surface area contributed by atoms with Crippen molar-refractivity contribution in [2.45, 2.75) is 6.04 Å². The molecule has 1 radical (unpaired) electrons. The normalized spacial score (nSPS) is 27.2. The summed E-state index contributed by atoms with van der Waals surface area (Å²) < 4.78 is 0. The molecule has 0 fully saturated rings. The largest absolute Gasteiger partial charge is 0.281 e. The number of hydrogen-bond donors (Lipinski definition) is 0. The summed E-state index contributed by atoms with van der Waals surface area (Å²) in [5.74, 6) is 0. The van der Waals surface area contributed by atoms with Crippen molar-refractivity contribution < 1.29 is 0 Å². The molecule has 0 aliphatic carbocycles. The Hall–Kier alpha value is -1.31. The van der Waals surface area contributed by atoms with Crippen molar-refractivity contribution in [1.29, 1.82) is 0 Å². The van der Waals surface area contributed by atoms with Crippen molar-refractivity contribution in [3.05, 3.63) is 36.2 Å². The fourth-order valence-corrected chi connectivity index (χ4v) is 1.02. The predicted molar refractivity (Wildman–Crippen MR) is 40.8 cm³/mol. The van der Waals surface area contributed by atoms with Gasteiger partial charge in [-0.3, -0.25) is 10.3 Å². The van der Waals surface area contributed by atoms with Crippen LogP contribution in [-0.2, 0) is 0 Å². The maximum absolute atomic E-state index is 4.22. The molecule has 0 N–H and O–H groups in total. The van der Waals surface area contributed by atoms with Gasteiger partial charge in [-0.25, -0.2) is 0 Å². The molecular weight excluding hydrogens is 124 g/mol. The molecular formula is C8H7N2. The third-order valence-electron chi connectivity index (χ3n) is 1.54. The first kappa shape index (κ1) is 5.47. The minimum atomic E-state index is 0.225. The lowest BCUT2D eigenvalue weighted by molar-refractivity contribution is 0.912. The highest BCUT2D eigenvalue weighted by Gasteiger charge is 2.10. The fraction of sp³-hybridized carbons (Fsp3) is 0.125. The van der Waals surface area contributed by atoms with Gasteiger partial charge in [-0.05, 0) is 17.7 Å². The summed E-state index contributed by atoms with van der Waals surface area (Å²) in [5, 5.41) is 3.99. The summed E-state index contributed by atoms with van der Waals surface area (Å²) >= 11 is 0. The van der Waals surface area contributed by atoms with Gasteiger partial charge in [-0.15, -0.1) is 0 Å². The van der Waals surface area contributed by atoms with Crippen molar-refractivity contribution >= 4 is 6.21 Å². The highest BCUT2D eigenvalue weighted by atomic mass is 14.9. The second-order valence-electron chi connectivity index (χ2n) is 2.22. The number of rotatable bonds is 0. The van der Waals surface area contributed by atoms with Crippen LogP contribution in [0.4, 0.5) is 0 Å². The first-order valence-electron chi connectivity index (χ1n) is 3.23. The summed E-state index contributed by atoms with van der Waals surface area (Å²) in [5.41, 5.74) is 1.17. The summed E-state index contributed by atoms with van der Waals surface area (Å²) in [6.07, 6.45) is 11.4. The number of nitrogens with zero attached hydrogens (tertiary/aromatic N) is 2. The van der Waals surface area contributed by atoms with E-state index in [1.54, 1.807) is 6.20 Å². The number of dihydropyridines is 1. The van der Waals surface area contributed by atoms with E-state index in [4.69, 9.17) is 0 Å². The molecule has 2 aliphatic heterocycles. The summed E-state index contributed by atoms with van der Waals surface area (Å²) in [4.78, 5) is 4.22. The van der Waals surface area contributed by atoms with Gasteiger partial charge in [0.25, 0.3) is 0 Å². The molecule has 0 saturated heterocycles. The first-order chi connectivity index (χ1) is 4.97. The molecule has 1 atom stereocenters. The van der Waals surface area contributed by atoms with E-state index >= 15 is 0 Å². The summed E-state index contributed by atoms with van der Waals surface area (Å²) in [6.45, 7) is 0. The van der Waals surface area contributed by atoms with Crippen LogP contribution in [0.1, 0.15) is 0 Å². The Morgan fingerprint density at radius 1 is 1.40 bits per heavy atom. The molecule has 0 aromatic rings. The average Bonchev–Trinajstić information content (AvgIpc) is 2.05. The second kappa shape index (κ2) is 2.14. The van der Waals surface area contributed by atoms with E-state index in [0.29, 0.717) is 0 Å². The lowest BCUT2D eigenvalue weighted by Gasteiger charge is -2.14. The van der Waals surface area contributed by atoms with Crippen LogP contribution in [0, 0.1) is 0 Å². The van der Waals surface area contributed by atoms with E-state index < -0.39 is 0 Å². The molecule has 0 bridgehead atoms. The Morgan fingerprint density at radius 3 is 3.30 bits per heavy atom. The number of hydrogen-bond acceptors (Lipinski definition) is 1. The van der Waals surface area contributed by atoms with Crippen molar-refractivity contribution in [3.8, 4) is 0 Å². The molecule has 49 valence electrons. The number of allylic oxidation sites excluding steroid dienone is 1. The Labute approximate surface area is 59.7 Å². The van der Waals surface area contributed by atoms with E-state index in [1.807, 2.05) is 30.6 Å². The number of fused-ring (bicyclic) bond motifs is 1. The van der Waals surface area contributed by atoms with Gasteiger partial charge in [0.1, 0.15) is 0 Å². The van der Waals surface area contributed by atoms with Crippen LogP contribution in [0.2, 0.25) is 0 Å². The zero-order valence-electron chi connectivity index (χ0n) is 5.44. The molecule has 0 saturated carbocycles. The molecule has 2 aliphatic rings. The first-order valence-corrected chi connectivity index (χ1v) is 3.23. The molecule has 2 nitrogen and oxygen atoms in total. The molecule has 2 rings (SSSR count). The monoisotopic (exact) mass is 131 g/mol. The van der Waals surface area contributed by atoms with Crippen molar-refractivity contribution in [1.82, 2.24) is 5.32 Å². The van der Waals surface area contributed by atoms with Crippen LogP contribution in [0.3, 0.4) is 0 Å². The molecule has 0 amide bonds. The molecule has 2 heteroatoms. The molecule has 10 heavy (non-hydrogen) atoms. The second-order valence-corrected chi connectivity index (χ2v) is 2.22. The van der Waals surface area contributed by atoms with Gasteiger partial charge in [0, 0.05) is 18.6 Å². The summed E-state index contributed by atoms with van der Waals surface area (Å²) in [6, 6.07) is 0.225. The van der Waals surface area contributed by atoms with Gasteiger partial charge in [0.05, 0.1) is 6.04 Å². The van der Waals surface area contributed by atoms with E-state index in [1.165, 1.54) is 5.57 Å². The van der Waals surface area contributed by atoms with Crippen LogP contribution in [0.5, 0.6) is 0 Å². The maximum Gasteiger partial charge on any atom is 0.0962 e. The van der Waals surface area contributed by atoms with Crippen LogP contribution in [0.15, 0.2) is 41.2 Å². The summed E-state index contributed by atoms with van der Waals surface area (Å²) in [7, 11) is 0. The van der Waals surface area contributed by atoms with Gasteiger partial charge in [0.2, 0.25) is 0 Å². The minimum absolute atomic E-state index is 0.225. The van der Waals surface area contributed by atoms with Crippen molar-refractivity contribution in [2.24, 2.45) is 4.99 Å². The average molecular weight is 131 g/mol. The third kappa shape index (κ3) is 0.778. The Bertz CT molecular complexity index is 246. The molecule has 2 heterocycles. The standard InChI is InChI=1S/C8H7N2/c1-2-7-6-9-5-3-8(7)10-4-1/h1-6,8H. The van der Waals surface area contributed by atoms with E-state index in [-0.39, 0.29) is 6.04 Å². The van der Waals surface area contributed by atoms with E-state index in [2.05, 4.69) is 10.3 Å². The van der Waals surface area contributed by atoms with Gasteiger partial charge >= 0.3 is 0 Å². The fourth-order valence-electron chi connectivity index (χ4n) is 1.02. The van der Waals surface area contributed by atoms with Gasteiger partial charge in [-0.2, -0.15) is 0 Å². The van der Waals surface area contributed by atoms with Gasteiger partial charge < -0.3 is 0 Å². The third-order valence-corrected chi connectivity index (χ3v) is 1.54. The topological polar surface area (TPSA) is 26.5 Å². The highest BCUT2D eigenvalue weighted by Crippen LogP contribution is 2.14. The lowest BCUT2D eigenvalue weighted by atomic mass is 10.1. The SMILES string of the molecule is C1=CC2=C[N]C=CC2N=C1. The Balaban J connectivity index is 2.33. The predicted octanol–water partition coefficient (Wildman–Crippen LogP) is 1.01. The minimum Gasteiger partial charge on any atom is -0.281 e. The van der Waals surface area contributed by atoms with Gasteiger partial charge in [-0.1, -0.05) is 6.08 Å². The zero-order chi connectivity index (χ0) is 6.81. The van der Waals surface area contributed by atoms with Gasteiger partial charge in [0.15, 0.2) is 0 Å². The molecule has 1 unspecified atom stereocenters. The Kier molecular flexibility index (Phi) is 1.17. The van der Waals surface area contributed by atoms with Crippen molar-refractivity contribution in [2.75, 3.05) is 0 Å². The van der Waals surface area contributed by atoms with E-state index in [9.17, 15) is 0 Å². The van der Waals surface area contributed by atoms with Crippen LogP contribution in [0.25, 0.3) is 0 Å². The molecule has 0 aromatic carbocycles. The van der Waals surface area contributed by atoms with Crippen molar-refractivity contribution in [3.63, 3.8) is 0 Å². The zero-order valence-corrected chi connectivity index (χ0v) is 5.44. The maximum atomic E-state index is 4.22. The Morgan fingerprint density at radius 2 is 2.40 bits per heavy atom. The van der Waals surface area contributed by atoms with Crippen LogP contribution in [-0.4, -0.2) is 12.3 Å². The lowest BCUT2D eigenvalue weighted by Crippen LogP contribution is -2.11. The van der Waals surface area contributed by atoms with Crippen LogP contribution >= 0.6 is 0 Å². The highest BCUT2D eigenvalue weighted by molar-refractivity contribution is 5.75. The van der Waals surface area contributed by atoms with E-state index in [0.717, 1.165) is 0 Å². The molecule has 0 spiro atoms. The smallest absolute Gasteiger partial charge is 0.0962 e. The molecule has 0 aromatic heterocycles. The number of aliphatic imine (C=N–C) groups is 1. The van der Waals surface area contributed by atoms with Crippen LogP contribution < -0.4 is 5.32 Å². The quantitative estimate of drug-likeness (QED) is 0.469.